The van der Waals surface area contributed by atoms with Crippen molar-refractivity contribution in [2.24, 2.45) is 0 Å². The molecule has 2 heterocycles. The quantitative estimate of drug-likeness (QED) is 0.896. The Morgan fingerprint density at radius 2 is 2.26 bits per heavy atom. The Hall–Kier alpha value is -0.580. The molecule has 0 spiro atoms. The van der Waals surface area contributed by atoms with Crippen LogP contribution in [0.1, 0.15) is 32.0 Å². The molecule has 0 radical (unpaired) electrons. The number of pyridine rings is 1. The molecule has 0 saturated carbocycles. The Morgan fingerprint density at radius 1 is 1.42 bits per heavy atom. The molecule has 19 heavy (non-hydrogen) atoms. The number of nitrogens with zero attached hydrogens (tertiary/aromatic N) is 2. The Kier molecular flexibility index (Phi) is 5.25. The second-order valence-corrected chi connectivity index (χ2v) is 7.56. The lowest BCUT2D eigenvalue weighted by atomic mass is 10.1. The first-order valence-electron chi connectivity index (χ1n) is 7.10. The summed E-state index contributed by atoms with van der Waals surface area (Å²) in [6, 6.07) is 4.36. The van der Waals surface area contributed by atoms with Crippen LogP contribution in [0, 0.1) is 0 Å². The van der Waals surface area contributed by atoms with Crippen LogP contribution in [0.25, 0.3) is 0 Å². The molecule has 4 heteroatoms. The molecule has 2 rings (SSSR count). The monoisotopic (exact) mass is 279 g/mol. The van der Waals surface area contributed by atoms with Crippen LogP contribution in [0.3, 0.4) is 0 Å². The first kappa shape index (κ1) is 14.8. The Labute approximate surface area is 121 Å². The number of aromatic nitrogens is 1. The molecule has 1 fully saturated rings. The van der Waals surface area contributed by atoms with E-state index >= 15 is 0 Å². The molecule has 1 N–H and O–H groups in total. The standard InChI is InChI=1S/C15H25N3S/c1-4-16-9-13-5-6-14(17-10-13)11-18-7-8-19-15(2,3)12-18/h5-6,10,16H,4,7-9,11-12H2,1-3H3. The zero-order chi connectivity index (χ0) is 13.7. The molecule has 0 aromatic carbocycles. The van der Waals surface area contributed by atoms with Gasteiger partial charge in [-0.25, -0.2) is 0 Å². The zero-order valence-corrected chi connectivity index (χ0v) is 13.1. The molecular weight excluding hydrogens is 254 g/mol. The first-order valence-corrected chi connectivity index (χ1v) is 8.08. The van der Waals surface area contributed by atoms with Crippen LogP contribution in [0.5, 0.6) is 0 Å². The van der Waals surface area contributed by atoms with Crippen LogP contribution in [-0.4, -0.2) is 40.0 Å². The molecule has 0 aliphatic carbocycles. The van der Waals surface area contributed by atoms with Gasteiger partial charge in [0.15, 0.2) is 0 Å². The summed E-state index contributed by atoms with van der Waals surface area (Å²) in [7, 11) is 0. The first-order chi connectivity index (χ1) is 9.09. The van der Waals surface area contributed by atoms with Gasteiger partial charge in [-0.15, -0.1) is 0 Å². The minimum absolute atomic E-state index is 0.378. The van der Waals surface area contributed by atoms with Crippen molar-refractivity contribution in [2.45, 2.75) is 38.6 Å². The number of rotatable bonds is 5. The molecule has 1 aromatic heterocycles. The van der Waals surface area contributed by atoms with Crippen LogP contribution in [0.2, 0.25) is 0 Å². The fourth-order valence-corrected chi connectivity index (χ4v) is 3.58. The average Bonchev–Trinajstić information content (AvgIpc) is 2.37. The summed E-state index contributed by atoms with van der Waals surface area (Å²) in [6.45, 7) is 12.0. The molecule has 0 unspecified atom stereocenters. The predicted molar refractivity (Wildman–Crippen MR) is 83.4 cm³/mol. The molecule has 0 bridgehead atoms. The van der Waals surface area contributed by atoms with Crippen molar-refractivity contribution in [2.75, 3.05) is 25.4 Å². The van der Waals surface area contributed by atoms with Crippen LogP contribution in [-0.2, 0) is 13.1 Å². The Balaban J connectivity index is 1.88. The van der Waals surface area contributed by atoms with E-state index in [9.17, 15) is 0 Å². The highest BCUT2D eigenvalue weighted by Gasteiger charge is 2.26. The van der Waals surface area contributed by atoms with Gasteiger partial charge in [0.05, 0.1) is 5.69 Å². The van der Waals surface area contributed by atoms with Crippen molar-refractivity contribution in [3.05, 3.63) is 29.6 Å². The molecule has 106 valence electrons. The lowest BCUT2D eigenvalue weighted by Crippen LogP contribution is -2.42. The third-order valence-corrected chi connectivity index (χ3v) is 4.65. The molecule has 1 aromatic rings. The van der Waals surface area contributed by atoms with E-state index in [1.54, 1.807) is 0 Å². The van der Waals surface area contributed by atoms with Gasteiger partial charge in [0.1, 0.15) is 0 Å². The van der Waals surface area contributed by atoms with Gasteiger partial charge < -0.3 is 5.32 Å². The molecule has 0 amide bonds. The zero-order valence-electron chi connectivity index (χ0n) is 12.3. The van der Waals surface area contributed by atoms with Crippen molar-refractivity contribution >= 4 is 11.8 Å². The molecule has 3 nitrogen and oxygen atoms in total. The number of nitrogens with one attached hydrogen (secondary N) is 1. The average molecular weight is 279 g/mol. The lowest BCUT2D eigenvalue weighted by molar-refractivity contribution is 0.250. The summed E-state index contributed by atoms with van der Waals surface area (Å²) in [5.74, 6) is 1.23. The van der Waals surface area contributed by atoms with Crippen molar-refractivity contribution in [1.29, 1.82) is 0 Å². The fraction of sp³-hybridized carbons (Fsp3) is 0.667. The number of thioether (sulfide) groups is 1. The van der Waals surface area contributed by atoms with E-state index in [1.807, 2.05) is 6.20 Å². The summed E-state index contributed by atoms with van der Waals surface area (Å²) < 4.78 is 0.378. The van der Waals surface area contributed by atoms with Gasteiger partial charge in [-0.1, -0.05) is 13.0 Å². The summed E-state index contributed by atoms with van der Waals surface area (Å²) in [6.07, 6.45) is 2.00. The maximum Gasteiger partial charge on any atom is 0.0544 e. The molecular formula is C15H25N3S. The van der Waals surface area contributed by atoms with Crippen molar-refractivity contribution in [3.63, 3.8) is 0 Å². The molecule has 1 saturated heterocycles. The summed E-state index contributed by atoms with van der Waals surface area (Å²) >= 11 is 2.08. The summed E-state index contributed by atoms with van der Waals surface area (Å²) in [5.41, 5.74) is 2.45. The Bertz CT molecular complexity index is 389. The smallest absolute Gasteiger partial charge is 0.0544 e. The van der Waals surface area contributed by atoms with E-state index in [2.05, 4.69) is 59.9 Å². The minimum atomic E-state index is 0.378. The highest BCUT2D eigenvalue weighted by molar-refractivity contribution is 8.00. The minimum Gasteiger partial charge on any atom is -0.313 e. The van der Waals surface area contributed by atoms with Crippen molar-refractivity contribution in [1.82, 2.24) is 15.2 Å². The van der Waals surface area contributed by atoms with E-state index in [1.165, 1.54) is 23.6 Å². The van der Waals surface area contributed by atoms with E-state index in [-0.39, 0.29) is 0 Å². The predicted octanol–water partition coefficient (Wildman–Crippen LogP) is 2.52. The van der Waals surface area contributed by atoms with Crippen molar-refractivity contribution in [3.8, 4) is 0 Å². The van der Waals surface area contributed by atoms with Gasteiger partial charge in [0.25, 0.3) is 0 Å². The SMILES string of the molecule is CCNCc1ccc(CN2CCSC(C)(C)C2)nc1. The fourth-order valence-electron chi connectivity index (χ4n) is 2.40. The molecule has 0 atom stereocenters. The van der Waals surface area contributed by atoms with Crippen molar-refractivity contribution < 1.29 is 0 Å². The van der Waals surface area contributed by atoms with Gasteiger partial charge in [-0.3, -0.25) is 9.88 Å². The second kappa shape index (κ2) is 6.73. The molecule has 1 aliphatic heterocycles. The van der Waals surface area contributed by atoms with E-state index < -0.39 is 0 Å². The second-order valence-electron chi connectivity index (χ2n) is 5.76. The lowest BCUT2D eigenvalue weighted by Gasteiger charge is -2.37. The van der Waals surface area contributed by atoms with Crippen LogP contribution < -0.4 is 5.32 Å². The van der Waals surface area contributed by atoms with E-state index in [0.717, 1.165) is 26.2 Å². The van der Waals surface area contributed by atoms with Crippen LogP contribution >= 0.6 is 11.8 Å². The van der Waals surface area contributed by atoms with Gasteiger partial charge >= 0.3 is 0 Å². The molecule has 1 aliphatic rings. The van der Waals surface area contributed by atoms with Gasteiger partial charge in [0.2, 0.25) is 0 Å². The highest BCUT2D eigenvalue weighted by Crippen LogP contribution is 2.29. The normalized spacial score (nSPS) is 19.5. The van der Waals surface area contributed by atoms with Gasteiger partial charge in [0, 0.05) is 42.9 Å². The topological polar surface area (TPSA) is 28.2 Å². The highest BCUT2D eigenvalue weighted by atomic mass is 32.2. The number of hydrogen-bond acceptors (Lipinski definition) is 4. The van der Waals surface area contributed by atoms with Crippen LogP contribution in [0.15, 0.2) is 18.3 Å². The van der Waals surface area contributed by atoms with E-state index in [0.29, 0.717) is 4.75 Å². The number of hydrogen-bond donors (Lipinski definition) is 1. The summed E-state index contributed by atoms with van der Waals surface area (Å²) in [4.78, 5) is 7.10. The van der Waals surface area contributed by atoms with E-state index in [4.69, 9.17) is 0 Å². The summed E-state index contributed by atoms with van der Waals surface area (Å²) in [5, 5.41) is 3.32. The van der Waals surface area contributed by atoms with Gasteiger partial charge in [-0.2, -0.15) is 11.8 Å². The third kappa shape index (κ3) is 4.79. The van der Waals surface area contributed by atoms with Gasteiger partial charge in [-0.05, 0) is 32.0 Å². The largest absolute Gasteiger partial charge is 0.313 e. The van der Waals surface area contributed by atoms with Crippen LogP contribution in [0.4, 0.5) is 0 Å². The maximum atomic E-state index is 4.58. The maximum absolute atomic E-state index is 4.58. The third-order valence-electron chi connectivity index (χ3n) is 3.36. The Morgan fingerprint density at radius 3 is 2.89 bits per heavy atom.